The lowest BCUT2D eigenvalue weighted by atomic mass is 10.1. The highest BCUT2D eigenvalue weighted by Gasteiger charge is 2.23. The van der Waals surface area contributed by atoms with Crippen molar-refractivity contribution in [2.24, 2.45) is 0 Å². The first-order valence-corrected chi connectivity index (χ1v) is 9.51. The van der Waals surface area contributed by atoms with E-state index in [0.29, 0.717) is 21.3 Å². The molecule has 0 atom stereocenters. The minimum absolute atomic E-state index is 0.152. The summed E-state index contributed by atoms with van der Waals surface area (Å²) in [6.07, 6.45) is 0.822. The predicted molar refractivity (Wildman–Crippen MR) is 93.1 cm³/mol. The van der Waals surface area contributed by atoms with Crippen LogP contribution in [0.15, 0.2) is 46.7 Å². The van der Waals surface area contributed by atoms with Crippen molar-refractivity contribution in [3.05, 3.63) is 59.4 Å². The first kappa shape index (κ1) is 16.0. The van der Waals surface area contributed by atoms with Crippen molar-refractivity contribution in [2.75, 3.05) is 4.72 Å². The summed E-state index contributed by atoms with van der Waals surface area (Å²) in [6.45, 7) is 3.64. The second-order valence-corrected chi connectivity index (χ2v) is 8.22. The van der Waals surface area contributed by atoms with Gasteiger partial charge in [0.25, 0.3) is 10.0 Å². The van der Waals surface area contributed by atoms with Crippen LogP contribution in [0.2, 0.25) is 0 Å². The highest BCUT2D eigenvalue weighted by atomic mass is 32.2. The van der Waals surface area contributed by atoms with Gasteiger partial charge in [0.05, 0.1) is 0 Å². The second-order valence-electron chi connectivity index (χ2n) is 5.29. The first-order valence-electron chi connectivity index (χ1n) is 7.21. The topological polar surface area (TPSA) is 46.2 Å². The Bertz CT molecular complexity index is 977. The Labute approximate surface area is 138 Å². The molecule has 0 amide bonds. The number of aryl methyl sites for hydroxylation is 2. The van der Waals surface area contributed by atoms with Crippen molar-refractivity contribution < 1.29 is 12.8 Å². The molecular formula is C17H16FNO2S2. The largest absolute Gasteiger partial charge is 0.279 e. The number of fused-ring (bicyclic) bond motifs is 1. The van der Waals surface area contributed by atoms with Gasteiger partial charge in [-0.3, -0.25) is 4.72 Å². The number of nitrogens with one attached hydrogen (secondary N) is 1. The minimum atomic E-state index is -3.75. The SMILES string of the molecule is CCc1cccc(NS(=O)(=O)c2sc3cccc(F)c3c2C)c1. The third-order valence-corrected chi connectivity index (χ3v) is 6.95. The van der Waals surface area contributed by atoms with Gasteiger partial charge in [0.1, 0.15) is 10.0 Å². The summed E-state index contributed by atoms with van der Waals surface area (Å²) >= 11 is 1.08. The Kier molecular flexibility index (Phi) is 4.12. The van der Waals surface area contributed by atoms with Gasteiger partial charge < -0.3 is 0 Å². The molecule has 0 bridgehead atoms. The van der Waals surface area contributed by atoms with Gasteiger partial charge in [0.2, 0.25) is 0 Å². The zero-order valence-electron chi connectivity index (χ0n) is 12.8. The summed E-state index contributed by atoms with van der Waals surface area (Å²) in [5.74, 6) is -0.398. The molecule has 3 aromatic rings. The lowest BCUT2D eigenvalue weighted by molar-refractivity contribution is 0.602. The molecule has 0 spiro atoms. The molecule has 1 N–H and O–H groups in total. The maximum atomic E-state index is 14.0. The van der Waals surface area contributed by atoms with Crippen LogP contribution in [0, 0.1) is 12.7 Å². The molecule has 0 aliphatic heterocycles. The van der Waals surface area contributed by atoms with Crippen molar-refractivity contribution in [1.82, 2.24) is 0 Å². The number of halogens is 1. The lowest BCUT2D eigenvalue weighted by Gasteiger charge is -2.08. The van der Waals surface area contributed by atoms with Gasteiger partial charge in [-0.1, -0.05) is 25.1 Å². The number of hydrogen-bond acceptors (Lipinski definition) is 3. The molecule has 0 unspecified atom stereocenters. The van der Waals surface area contributed by atoms with Crippen LogP contribution in [-0.4, -0.2) is 8.42 Å². The van der Waals surface area contributed by atoms with Crippen LogP contribution < -0.4 is 4.72 Å². The number of benzene rings is 2. The molecule has 0 aliphatic carbocycles. The van der Waals surface area contributed by atoms with E-state index in [0.717, 1.165) is 23.3 Å². The van der Waals surface area contributed by atoms with E-state index in [9.17, 15) is 12.8 Å². The minimum Gasteiger partial charge on any atom is -0.279 e. The quantitative estimate of drug-likeness (QED) is 0.741. The monoisotopic (exact) mass is 349 g/mol. The molecule has 1 aromatic heterocycles. The van der Waals surface area contributed by atoms with E-state index in [1.165, 1.54) is 6.07 Å². The van der Waals surface area contributed by atoms with Crippen molar-refractivity contribution in [3.8, 4) is 0 Å². The summed E-state index contributed by atoms with van der Waals surface area (Å²) in [4.78, 5) is 0. The summed E-state index contributed by atoms with van der Waals surface area (Å²) in [7, 11) is -3.75. The summed E-state index contributed by atoms with van der Waals surface area (Å²) in [5.41, 5.74) is 2.01. The highest BCUT2D eigenvalue weighted by molar-refractivity contribution is 7.94. The van der Waals surface area contributed by atoms with Gasteiger partial charge in [-0.2, -0.15) is 0 Å². The van der Waals surface area contributed by atoms with E-state index in [1.54, 1.807) is 31.2 Å². The Morgan fingerprint density at radius 3 is 2.61 bits per heavy atom. The fourth-order valence-electron chi connectivity index (χ4n) is 2.54. The third kappa shape index (κ3) is 2.96. The maximum Gasteiger partial charge on any atom is 0.271 e. The van der Waals surface area contributed by atoms with E-state index >= 15 is 0 Å². The molecule has 3 nitrogen and oxygen atoms in total. The normalized spacial score (nSPS) is 11.8. The lowest BCUT2D eigenvalue weighted by Crippen LogP contribution is -2.12. The highest BCUT2D eigenvalue weighted by Crippen LogP contribution is 2.36. The van der Waals surface area contributed by atoms with Gasteiger partial charge >= 0.3 is 0 Å². The van der Waals surface area contributed by atoms with Gasteiger partial charge in [0.15, 0.2) is 0 Å². The van der Waals surface area contributed by atoms with Crippen LogP contribution in [0.1, 0.15) is 18.1 Å². The van der Waals surface area contributed by atoms with Crippen LogP contribution in [0.4, 0.5) is 10.1 Å². The predicted octanol–water partition coefficient (Wildman–Crippen LogP) is 4.71. The Hall–Kier alpha value is -1.92. The van der Waals surface area contributed by atoms with Crippen LogP contribution in [-0.2, 0) is 16.4 Å². The molecule has 0 saturated heterocycles. The number of sulfonamides is 1. The number of anilines is 1. The standard InChI is InChI=1S/C17H16FNO2S2/c1-3-12-6-4-7-13(10-12)19-23(20,21)17-11(2)16-14(18)8-5-9-15(16)22-17/h4-10,19H,3H2,1-2H3. The second kappa shape index (κ2) is 5.94. The molecule has 0 saturated carbocycles. The number of rotatable bonds is 4. The van der Waals surface area contributed by atoms with Crippen LogP contribution in [0.5, 0.6) is 0 Å². The van der Waals surface area contributed by atoms with E-state index < -0.39 is 15.8 Å². The van der Waals surface area contributed by atoms with E-state index in [1.807, 2.05) is 19.1 Å². The van der Waals surface area contributed by atoms with Crippen LogP contribution >= 0.6 is 11.3 Å². The molecule has 120 valence electrons. The molecule has 0 aliphatic rings. The third-order valence-electron chi connectivity index (χ3n) is 3.69. The molecule has 0 fully saturated rings. The van der Waals surface area contributed by atoms with Crippen LogP contribution in [0.3, 0.4) is 0 Å². The molecular weight excluding hydrogens is 333 g/mol. The summed E-state index contributed by atoms with van der Waals surface area (Å²) < 4.78 is 42.7. The molecule has 1 heterocycles. The molecule has 2 aromatic carbocycles. The van der Waals surface area contributed by atoms with Gasteiger partial charge in [-0.05, 0) is 48.7 Å². The molecule has 6 heteroatoms. The zero-order valence-corrected chi connectivity index (χ0v) is 14.4. The number of hydrogen-bond donors (Lipinski definition) is 1. The average Bonchev–Trinajstić information content (AvgIpc) is 2.86. The molecule has 3 rings (SSSR count). The maximum absolute atomic E-state index is 14.0. The smallest absolute Gasteiger partial charge is 0.271 e. The van der Waals surface area contributed by atoms with Crippen molar-refractivity contribution in [1.29, 1.82) is 0 Å². The van der Waals surface area contributed by atoms with E-state index in [2.05, 4.69) is 4.72 Å². The first-order chi connectivity index (χ1) is 10.9. The Morgan fingerprint density at radius 1 is 1.17 bits per heavy atom. The Balaban J connectivity index is 2.06. The van der Waals surface area contributed by atoms with Gasteiger partial charge in [0, 0.05) is 15.8 Å². The fourth-order valence-corrected chi connectivity index (χ4v) is 5.37. The Morgan fingerprint density at radius 2 is 1.91 bits per heavy atom. The van der Waals surface area contributed by atoms with Gasteiger partial charge in [-0.15, -0.1) is 11.3 Å². The van der Waals surface area contributed by atoms with Gasteiger partial charge in [-0.25, -0.2) is 12.8 Å². The summed E-state index contributed by atoms with van der Waals surface area (Å²) in [6, 6.07) is 11.9. The van der Waals surface area contributed by atoms with E-state index in [4.69, 9.17) is 0 Å². The molecule has 0 radical (unpaired) electrons. The fraction of sp³-hybridized carbons (Fsp3) is 0.176. The van der Waals surface area contributed by atoms with Crippen molar-refractivity contribution >= 4 is 37.1 Å². The zero-order chi connectivity index (χ0) is 16.6. The van der Waals surface area contributed by atoms with E-state index in [-0.39, 0.29) is 4.21 Å². The van der Waals surface area contributed by atoms with Crippen LogP contribution in [0.25, 0.3) is 10.1 Å². The van der Waals surface area contributed by atoms with Crippen molar-refractivity contribution in [3.63, 3.8) is 0 Å². The van der Waals surface area contributed by atoms with Crippen molar-refractivity contribution in [2.45, 2.75) is 24.5 Å². The number of thiophene rings is 1. The average molecular weight is 349 g/mol. The molecule has 23 heavy (non-hydrogen) atoms. The summed E-state index contributed by atoms with van der Waals surface area (Å²) in [5, 5.41) is 0.375.